The van der Waals surface area contributed by atoms with Crippen LogP contribution >= 0.6 is 0 Å². The number of hydrogen-bond acceptors (Lipinski definition) is 6. The summed E-state index contributed by atoms with van der Waals surface area (Å²) in [5, 5.41) is 10.8. The van der Waals surface area contributed by atoms with Gasteiger partial charge in [0.05, 0.1) is 18.8 Å². The van der Waals surface area contributed by atoms with Gasteiger partial charge in [0.15, 0.2) is 5.78 Å². The van der Waals surface area contributed by atoms with Crippen molar-refractivity contribution < 1.29 is 19.4 Å². The molecule has 2 saturated heterocycles. The molecule has 2 aliphatic rings. The van der Waals surface area contributed by atoms with Crippen LogP contribution in [0.1, 0.15) is 40.0 Å². The molecule has 7 heteroatoms. The topological polar surface area (TPSA) is 83.0 Å². The summed E-state index contributed by atoms with van der Waals surface area (Å²) in [7, 11) is 1.61. The fraction of sp³-hybridized carbons (Fsp3) is 0.458. The monoisotopic (exact) mass is 423 g/mol. The maximum atomic E-state index is 12.8. The molecule has 1 amide bonds. The lowest BCUT2D eigenvalue weighted by molar-refractivity contribution is -0.0185. The summed E-state index contributed by atoms with van der Waals surface area (Å²) in [5.41, 5.74) is 1.27. The van der Waals surface area contributed by atoms with Gasteiger partial charge in [0.25, 0.3) is 5.91 Å². The van der Waals surface area contributed by atoms with E-state index in [0.29, 0.717) is 18.7 Å². The number of pyridine rings is 1. The highest BCUT2D eigenvalue weighted by atomic mass is 16.5. The Morgan fingerprint density at radius 2 is 1.77 bits per heavy atom. The molecule has 0 radical (unpaired) electrons. The highest BCUT2D eigenvalue weighted by molar-refractivity contribution is 5.98. The predicted octanol–water partition coefficient (Wildman–Crippen LogP) is 2.26. The first-order chi connectivity index (χ1) is 15.1. The van der Waals surface area contributed by atoms with Gasteiger partial charge >= 0.3 is 0 Å². The van der Waals surface area contributed by atoms with Gasteiger partial charge in [-0.1, -0.05) is 0 Å². The minimum atomic E-state index is -0.594. The Morgan fingerprint density at radius 1 is 1.03 bits per heavy atom. The van der Waals surface area contributed by atoms with E-state index in [1.807, 2.05) is 24.3 Å². The molecule has 31 heavy (non-hydrogen) atoms. The van der Waals surface area contributed by atoms with Crippen molar-refractivity contribution in [2.45, 2.75) is 31.4 Å². The average Bonchev–Trinajstić information content (AvgIpc) is 2.84. The Kier molecular flexibility index (Phi) is 6.63. The second-order valence-electron chi connectivity index (χ2n) is 8.32. The van der Waals surface area contributed by atoms with Gasteiger partial charge < -0.3 is 14.7 Å². The van der Waals surface area contributed by atoms with E-state index in [4.69, 9.17) is 4.74 Å². The van der Waals surface area contributed by atoms with Crippen molar-refractivity contribution in [1.82, 2.24) is 14.8 Å². The van der Waals surface area contributed by atoms with Gasteiger partial charge in [-0.05, 0) is 68.8 Å². The Hall–Kier alpha value is -2.77. The van der Waals surface area contributed by atoms with Crippen molar-refractivity contribution in [3.63, 3.8) is 0 Å². The number of hydrogen-bond donors (Lipinski definition) is 1. The molecule has 3 heterocycles. The van der Waals surface area contributed by atoms with Crippen molar-refractivity contribution in [1.29, 1.82) is 0 Å². The van der Waals surface area contributed by atoms with Gasteiger partial charge in [0.1, 0.15) is 5.75 Å². The normalized spacial score (nSPS) is 22.8. The highest BCUT2D eigenvalue weighted by Gasteiger charge is 2.36. The fourth-order valence-corrected chi connectivity index (χ4v) is 4.69. The molecule has 0 bridgehead atoms. The van der Waals surface area contributed by atoms with Gasteiger partial charge in [-0.25, -0.2) is 0 Å². The maximum absolute atomic E-state index is 12.8. The number of amides is 1. The summed E-state index contributed by atoms with van der Waals surface area (Å²) >= 11 is 0. The molecule has 1 aromatic carbocycles. The molecule has 2 aliphatic heterocycles. The standard InChI is InChI=1S/C24H29N3O4/c1-31-20-6-4-17(5-7-20)23(29)18-8-12-26(13-9-18)21-10-14-27(16-22(21)28)24(30)19-3-2-11-25-15-19/h2-7,11,15,18,21-22,28H,8-10,12-14,16H2,1H3/t21-,22-/m0/s1. The number of carbonyl (C=O) groups is 2. The number of ketones is 1. The lowest BCUT2D eigenvalue weighted by atomic mass is 9.87. The Balaban J connectivity index is 1.30. The van der Waals surface area contributed by atoms with Gasteiger partial charge in [0, 0.05) is 43.0 Å². The summed E-state index contributed by atoms with van der Waals surface area (Å²) in [6, 6.07) is 10.8. The molecule has 2 fully saturated rings. The van der Waals surface area contributed by atoms with E-state index in [0.717, 1.165) is 43.7 Å². The number of likely N-dealkylation sites (tertiary alicyclic amines) is 2. The van der Waals surface area contributed by atoms with Crippen LogP contribution in [0.15, 0.2) is 48.8 Å². The number of carbonyl (C=O) groups excluding carboxylic acids is 2. The van der Waals surface area contributed by atoms with E-state index in [1.54, 1.807) is 36.5 Å². The molecule has 164 valence electrons. The SMILES string of the molecule is COc1ccc(C(=O)C2CCN([C@H]3CCN(C(=O)c4cccnc4)C[C@@H]3O)CC2)cc1. The summed E-state index contributed by atoms with van der Waals surface area (Å²) in [6.45, 7) is 2.50. The number of aliphatic hydroxyl groups is 1. The number of aliphatic hydroxyl groups excluding tert-OH is 1. The first-order valence-corrected chi connectivity index (χ1v) is 10.9. The van der Waals surface area contributed by atoms with Crippen molar-refractivity contribution in [3.05, 3.63) is 59.9 Å². The number of piperidine rings is 2. The van der Waals surface area contributed by atoms with Crippen LogP contribution < -0.4 is 4.74 Å². The summed E-state index contributed by atoms with van der Waals surface area (Å²) in [6.07, 6.45) is 4.90. The van der Waals surface area contributed by atoms with E-state index in [9.17, 15) is 14.7 Å². The van der Waals surface area contributed by atoms with Crippen LogP contribution in [0.3, 0.4) is 0 Å². The van der Waals surface area contributed by atoms with E-state index in [1.165, 1.54) is 0 Å². The van der Waals surface area contributed by atoms with Gasteiger partial charge in [-0.3, -0.25) is 19.5 Å². The summed E-state index contributed by atoms with van der Waals surface area (Å²) in [4.78, 5) is 33.5. The molecule has 0 saturated carbocycles. The minimum Gasteiger partial charge on any atom is -0.497 e. The first-order valence-electron chi connectivity index (χ1n) is 10.9. The van der Waals surface area contributed by atoms with Gasteiger partial charge in [-0.15, -0.1) is 0 Å². The summed E-state index contributed by atoms with van der Waals surface area (Å²) in [5.74, 6) is 0.844. The first kappa shape index (κ1) is 21.5. The average molecular weight is 424 g/mol. The van der Waals surface area contributed by atoms with E-state index >= 15 is 0 Å². The molecular weight excluding hydrogens is 394 g/mol. The van der Waals surface area contributed by atoms with Crippen LogP contribution in [0, 0.1) is 5.92 Å². The molecule has 2 atom stereocenters. The molecule has 7 nitrogen and oxygen atoms in total. The zero-order chi connectivity index (χ0) is 21.8. The van der Waals surface area contributed by atoms with E-state index in [-0.39, 0.29) is 23.7 Å². The number of nitrogens with zero attached hydrogens (tertiary/aromatic N) is 3. The molecule has 1 N–H and O–H groups in total. The maximum Gasteiger partial charge on any atom is 0.255 e. The van der Waals surface area contributed by atoms with Crippen LogP contribution in [0.2, 0.25) is 0 Å². The molecule has 4 rings (SSSR count). The number of ether oxygens (including phenoxy) is 1. The van der Waals surface area contributed by atoms with Crippen LogP contribution in [0.5, 0.6) is 5.75 Å². The molecule has 1 aromatic heterocycles. The molecule has 0 spiro atoms. The third-order valence-corrected chi connectivity index (χ3v) is 6.49. The fourth-order valence-electron chi connectivity index (χ4n) is 4.69. The third-order valence-electron chi connectivity index (χ3n) is 6.49. The van der Waals surface area contributed by atoms with Crippen molar-refractivity contribution in [2.24, 2.45) is 5.92 Å². The van der Waals surface area contributed by atoms with Gasteiger partial charge in [0.2, 0.25) is 0 Å². The predicted molar refractivity (Wildman–Crippen MR) is 116 cm³/mol. The zero-order valence-corrected chi connectivity index (χ0v) is 17.8. The van der Waals surface area contributed by atoms with E-state index < -0.39 is 6.10 Å². The van der Waals surface area contributed by atoms with Crippen LogP contribution in [0.4, 0.5) is 0 Å². The van der Waals surface area contributed by atoms with Gasteiger partial charge in [-0.2, -0.15) is 0 Å². The number of methoxy groups -OCH3 is 1. The number of benzene rings is 1. The lowest BCUT2D eigenvalue weighted by Crippen LogP contribution is -2.57. The second kappa shape index (κ2) is 9.58. The Bertz CT molecular complexity index is 895. The van der Waals surface area contributed by atoms with Crippen LogP contribution in [-0.4, -0.2) is 77.0 Å². The Morgan fingerprint density at radius 3 is 2.39 bits per heavy atom. The van der Waals surface area contributed by atoms with E-state index in [2.05, 4.69) is 9.88 Å². The number of β-amino-alcohol motifs (C(OH)–C–C–N with tert-alkyl or cyclic N) is 1. The minimum absolute atomic E-state index is 0.00837. The zero-order valence-electron chi connectivity index (χ0n) is 17.8. The molecule has 0 aliphatic carbocycles. The smallest absolute Gasteiger partial charge is 0.255 e. The number of aromatic nitrogens is 1. The number of rotatable bonds is 5. The molecule has 2 aromatic rings. The highest BCUT2D eigenvalue weighted by Crippen LogP contribution is 2.27. The quantitative estimate of drug-likeness (QED) is 0.743. The third kappa shape index (κ3) is 4.78. The lowest BCUT2D eigenvalue weighted by Gasteiger charge is -2.44. The van der Waals surface area contributed by atoms with Crippen LogP contribution in [0.25, 0.3) is 0 Å². The van der Waals surface area contributed by atoms with Crippen molar-refractivity contribution in [3.8, 4) is 5.75 Å². The molecular formula is C24H29N3O4. The van der Waals surface area contributed by atoms with Crippen molar-refractivity contribution >= 4 is 11.7 Å². The van der Waals surface area contributed by atoms with Crippen LogP contribution in [-0.2, 0) is 0 Å². The second-order valence-corrected chi connectivity index (χ2v) is 8.32. The summed E-state index contributed by atoms with van der Waals surface area (Å²) < 4.78 is 5.16. The van der Waals surface area contributed by atoms with Crippen molar-refractivity contribution in [2.75, 3.05) is 33.3 Å². The largest absolute Gasteiger partial charge is 0.497 e. The Labute approximate surface area is 182 Å². The molecule has 0 unspecified atom stereocenters. The number of Topliss-reactive ketones (excluding diaryl/α,β-unsaturated/α-hetero) is 1.